The lowest BCUT2D eigenvalue weighted by Crippen LogP contribution is -2.62. The van der Waals surface area contributed by atoms with Crippen molar-refractivity contribution in [2.24, 2.45) is 0 Å². The summed E-state index contributed by atoms with van der Waals surface area (Å²) in [5, 5.41) is 17.1. The number of hydrogen-bond acceptors (Lipinski definition) is 3. The van der Waals surface area contributed by atoms with Crippen LogP contribution in [0, 0.1) is 0 Å². The summed E-state index contributed by atoms with van der Waals surface area (Å²) in [6, 6.07) is 5.92. The normalized spacial score (nSPS) is 22.4. The summed E-state index contributed by atoms with van der Waals surface area (Å²) in [6.07, 6.45) is 0.608. The second kappa shape index (κ2) is 6.04. The van der Waals surface area contributed by atoms with Crippen LogP contribution in [0.25, 0.3) is 10.9 Å². The average Bonchev–Trinajstić information content (AvgIpc) is 2.98. The lowest BCUT2D eigenvalue weighted by Gasteiger charge is -2.32. The number of para-hydroxylation sites is 1. The van der Waals surface area contributed by atoms with Crippen LogP contribution in [0.15, 0.2) is 36.9 Å². The minimum atomic E-state index is -1.18. The first-order valence-electron chi connectivity index (χ1n) is 8.29. The van der Waals surface area contributed by atoms with Gasteiger partial charge < -0.3 is 20.7 Å². The molecule has 0 aliphatic carbocycles. The SMILES string of the molecule is C=CC(C)(C)c1[nH]c2ccccc2c1[C@@H](O)[C@@H]1NC(=O)[C@H](C)NC1=O. The van der Waals surface area contributed by atoms with Crippen LogP contribution >= 0.6 is 0 Å². The molecule has 132 valence electrons. The van der Waals surface area contributed by atoms with Gasteiger partial charge in [0.05, 0.1) is 0 Å². The number of H-pyrrole nitrogens is 1. The highest BCUT2D eigenvalue weighted by Crippen LogP contribution is 2.37. The minimum Gasteiger partial charge on any atom is -0.386 e. The molecule has 3 atom stereocenters. The van der Waals surface area contributed by atoms with Crippen molar-refractivity contribution in [2.45, 2.75) is 44.4 Å². The minimum absolute atomic E-state index is 0.312. The fraction of sp³-hybridized carbons (Fsp3) is 0.368. The second-order valence-corrected chi connectivity index (χ2v) is 7.05. The van der Waals surface area contributed by atoms with E-state index in [2.05, 4.69) is 22.2 Å². The van der Waals surface area contributed by atoms with Crippen LogP contribution in [0.1, 0.15) is 38.1 Å². The summed E-state index contributed by atoms with van der Waals surface area (Å²) in [5.41, 5.74) is 1.79. The Kier molecular flexibility index (Phi) is 4.16. The van der Waals surface area contributed by atoms with Crippen molar-refractivity contribution in [2.75, 3.05) is 0 Å². The summed E-state index contributed by atoms with van der Waals surface area (Å²) >= 11 is 0. The molecular weight excluding hydrogens is 318 g/mol. The van der Waals surface area contributed by atoms with Crippen molar-refractivity contribution in [3.8, 4) is 0 Å². The summed E-state index contributed by atoms with van der Waals surface area (Å²) < 4.78 is 0. The number of carbonyl (C=O) groups is 2. The molecule has 0 radical (unpaired) electrons. The molecule has 3 rings (SSSR count). The van der Waals surface area contributed by atoms with Crippen molar-refractivity contribution in [1.82, 2.24) is 15.6 Å². The summed E-state index contributed by atoms with van der Waals surface area (Å²) in [6.45, 7) is 9.43. The number of piperazine rings is 1. The van der Waals surface area contributed by atoms with Crippen LogP contribution in [0.3, 0.4) is 0 Å². The molecule has 1 aliphatic rings. The zero-order valence-corrected chi connectivity index (χ0v) is 14.6. The van der Waals surface area contributed by atoms with Gasteiger partial charge in [0.2, 0.25) is 11.8 Å². The number of carbonyl (C=O) groups excluding carboxylic acids is 2. The zero-order valence-electron chi connectivity index (χ0n) is 14.6. The summed E-state index contributed by atoms with van der Waals surface area (Å²) in [5.74, 6) is -0.708. The van der Waals surface area contributed by atoms with Crippen molar-refractivity contribution >= 4 is 22.7 Å². The van der Waals surface area contributed by atoms with Gasteiger partial charge in [0.1, 0.15) is 18.2 Å². The molecule has 0 bridgehead atoms. The van der Waals surface area contributed by atoms with Crippen molar-refractivity contribution in [3.05, 3.63) is 48.2 Å². The van der Waals surface area contributed by atoms with Gasteiger partial charge in [-0.2, -0.15) is 0 Å². The topological polar surface area (TPSA) is 94.2 Å². The molecule has 1 fully saturated rings. The summed E-state index contributed by atoms with van der Waals surface area (Å²) in [4.78, 5) is 27.6. The largest absolute Gasteiger partial charge is 0.386 e. The van der Waals surface area contributed by atoms with Crippen LogP contribution < -0.4 is 10.6 Å². The number of fused-ring (bicyclic) bond motifs is 1. The molecule has 1 aromatic carbocycles. The van der Waals surface area contributed by atoms with E-state index in [1.807, 2.05) is 38.1 Å². The van der Waals surface area contributed by atoms with E-state index < -0.39 is 29.5 Å². The Balaban J connectivity index is 2.13. The van der Waals surface area contributed by atoms with Gasteiger partial charge in [0, 0.05) is 27.6 Å². The number of aromatic amines is 1. The van der Waals surface area contributed by atoms with Gasteiger partial charge in [0.25, 0.3) is 0 Å². The van der Waals surface area contributed by atoms with Crippen LogP contribution in [0.4, 0.5) is 0 Å². The average molecular weight is 341 g/mol. The number of rotatable bonds is 4. The smallest absolute Gasteiger partial charge is 0.246 e. The number of allylic oxidation sites excluding steroid dienone is 1. The Morgan fingerprint density at radius 2 is 1.88 bits per heavy atom. The monoisotopic (exact) mass is 341 g/mol. The Bertz CT molecular complexity index is 853. The number of hydrogen-bond donors (Lipinski definition) is 4. The van der Waals surface area contributed by atoms with Crippen LogP contribution in [0.2, 0.25) is 0 Å². The number of aromatic nitrogens is 1. The van der Waals surface area contributed by atoms with Crippen molar-refractivity contribution in [3.63, 3.8) is 0 Å². The first kappa shape index (κ1) is 17.2. The molecule has 1 saturated heterocycles. The second-order valence-electron chi connectivity index (χ2n) is 7.05. The van der Waals surface area contributed by atoms with E-state index in [4.69, 9.17) is 0 Å². The van der Waals surface area contributed by atoms with Crippen LogP contribution in [-0.4, -0.2) is 34.0 Å². The number of aliphatic hydroxyl groups excluding tert-OH is 1. The highest BCUT2D eigenvalue weighted by atomic mass is 16.3. The summed E-state index contributed by atoms with van der Waals surface area (Å²) in [7, 11) is 0. The predicted molar refractivity (Wildman–Crippen MR) is 96.0 cm³/mol. The van der Waals surface area contributed by atoms with Gasteiger partial charge >= 0.3 is 0 Å². The van der Waals surface area contributed by atoms with Gasteiger partial charge in [-0.1, -0.05) is 38.1 Å². The van der Waals surface area contributed by atoms with E-state index in [9.17, 15) is 14.7 Å². The molecular formula is C19H23N3O3. The fourth-order valence-electron chi connectivity index (χ4n) is 3.18. The van der Waals surface area contributed by atoms with Gasteiger partial charge in [-0.15, -0.1) is 6.58 Å². The van der Waals surface area contributed by atoms with Crippen LogP contribution in [-0.2, 0) is 15.0 Å². The molecule has 2 aromatic rings. The highest BCUT2D eigenvalue weighted by Gasteiger charge is 2.39. The number of amides is 2. The lowest BCUT2D eigenvalue weighted by molar-refractivity contribution is -0.139. The van der Waals surface area contributed by atoms with E-state index in [1.54, 1.807) is 13.0 Å². The maximum atomic E-state index is 12.3. The predicted octanol–water partition coefficient (Wildman–Crippen LogP) is 1.67. The van der Waals surface area contributed by atoms with E-state index in [1.165, 1.54) is 0 Å². The first-order valence-corrected chi connectivity index (χ1v) is 8.29. The standard InChI is InChI=1S/C19H23N3O3/c1-5-19(3,4)16-13(11-8-6-7-9-12(11)21-16)15(23)14-18(25)20-10(2)17(24)22-14/h5-10,14-15,21,23H,1H2,2-4H3,(H,20,25)(H,22,24)/t10-,14-,15+/m0/s1. The molecule has 6 nitrogen and oxygen atoms in total. The highest BCUT2D eigenvalue weighted by molar-refractivity contribution is 5.98. The first-order chi connectivity index (χ1) is 11.8. The lowest BCUT2D eigenvalue weighted by atomic mass is 9.83. The van der Waals surface area contributed by atoms with Gasteiger partial charge in [0.15, 0.2) is 0 Å². The zero-order chi connectivity index (χ0) is 18.4. The van der Waals surface area contributed by atoms with Gasteiger partial charge in [-0.25, -0.2) is 0 Å². The molecule has 6 heteroatoms. The fourth-order valence-corrected chi connectivity index (χ4v) is 3.18. The molecule has 0 unspecified atom stereocenters. The molecule has 4 N–H and O–H groups in total. The molecule has 2 heterocycles. The third-order valence-electron chi connectivity index (χ3n) is 4.84. The third kappa shape index (κ3) is 2.82. The molecule has 2 amide bonds. The van der Waals surface area contributed by atoms with Gasteiger partial charge in [-0.3, -0.25) is 9.59 Å². The van der Waals surface area contributed by atoms with E-state index in [-0.39, 0.29) is 5.91 Å². The van der Waals surface area contributed by atoms with E-state index in [0.29, 0.717) is 5.56 Å². The molecule has 0 spiro atoms. The maximum absolute atomic E-state index is 12.3. The Morgan fingerprint density at radius 1 is 1.20 bits per heavy atom. The Hall–Kier alpha value is -2.60. The van der Waals surface area contributed by atoms with Crippen LogP contribution in [0.5, 0.6) is 0 Å². The number of nitrogens with one attached hydrogen (secondary N) is 3. The van der Waals surface area contributed by atoms with Crippen molar-refractivity contribution < 1.29 is 14.7 Å². The van der Waals surface area contributed by atoms with Crippen molar-refractivity contribution in [1.29, 1.82) is 0 Å². The third-order valence-corrected chi connectivity index (χ3v) is 4.84. The molecule has 25 heavy (non-hydrogen) atoms. The Labute approximate surface area is 146 Å². The van der Waals surface area contributed by atoms with E-state index >= 15 is 0 Å². The molecule has 0 saturated carbocycles. The maximum Gasteiger partial charge on any atom is 0.246 e. The molecule has 1 aliphatic heterocycles. The van der Waals surface area contributed by atoms with Gasteiger partial charge in [-0.05, 0) is 13.0 Å². The number of aliphatic hydroxyl groups is 1. The Morgan fingerprint density at radius 3 is 2.56 bits per heavy atom. The quantitative estimate of drug-likeness (QED) is 0.637. The number of benzene rings is 1. The molecule has 1 aromatic heterocycles. The van der Waals surface area contributed by atoms with E-state index in [0.717, 1.165) is 16.6 Å².